The van der Waals surface area contributed by atoms with Crippen LogP contribution >= 0.6 is 0 Å². The summed E-state index contributed by atoms with van der Waals surface area (Å²) in [6.07, 6.45) is 3.83. The van der Waals surface area contributed by atoms with Crippen molar-refractivity contribution >= 4 is 11.9 Å². The van der Waals surface area contributed by atoms with Crippen LogP contribution < -0.4 is 11.1 Å². The van der Waals surface area contributed by atoms with Gasteiger partial charge in [-0.25, -0.2) is 0 Å². The van der Waals surface area contributed by atoms with Crippen molar-refractivity contribution < 1.29 is 14.7 Å². The summed E-state index contributed by atoms with van der Waals surface area (Å²) >= 11 is 0. The Morgan fingerprint density at radius 2 is 1.95 bits per heavy atom. The van der Waals surface area contributed by atoms with Gasteiger partial charge in [-0.3, -0.25) is 9.59 Å². The van der Waals surface area contributed by atoms with E-state index in [0.29, 0.717) is 0 Å². The van der Waals surface area contributed by atoms with E-state index in [-0.39, 0.29) is 24.8 Å². The second-order valence-corrected chi connectivity index (χ2v) is 5.31. The van der Waals surface area contributed by atoms with Gasteiger partial charge < -0.3 is 21.1 Å². The molecule has 1 amide bonds. The molecule has 110 valence electrons. The molecule has 0 aliphatic carbocycles. The van der Waals surface area contributed by atoms with Gasteiger partial charge in [0, 0.05) is 19.0 Å². The van der Waals surface area contributed by atoms with Gasteiger partial charge in [0.25, 0.3) is 0 Å². The van der Waals surface area contributed by atoms with Crippen LogP contribution in [-0.2, 0) is 9.59 Å². The number of carboxylic acids is 1. The molecule has 4 N–H and O–H groups in total. The molecule has 1 aliphatic rings. The second-order valence-electron chi connectivity index (χ2n) is 5.31. The van der Waals surface area contributed by atoms with E-state index in [2.05, 4.69) is 10.2 Å². The first-order valence-electron chi connectivity index (χ1n) is 6.99. The van der Waals surface area contributed by atoms with Crippen LogP contribution in [0.25, 0.3) is 0 Å². The lowest BCUT2D eigenvalue weighted by Crippen LogP contribution is -2.49. The standard InChI is InChI=1S/C13H25N3O3/c1-10(9-16-7-3-2-4-8-16)15-13(19)11(14)5-6-12(17)18/h10-11H,2-9,14H2,1H3,(H,15,19)(H,17,18). The monoisotopic (exact) mass is 271 g/mol. The maximum Gasteiger partial charge on any atom is 0.303 e. The van der Waals surface area contributed by atoms with E-state index in [1.807, 2.05) is 6.92 Å². The Kier molecular flexibility index (Phi) is 6.80. The van der Waals surface area contributed by atoms with E-state index in [0.717, 1.165) is 19.6 Å². The van der Waals surface area contributed by atoms with Gasteiger partial charge in [-0.1, -0.05) is 6.42 Å². The third-order valence-corrected chi connectivity index (χ3v) is 3.38. The van der Waals surface area contributed by atoms with E-state index in [1.165, 1.54) is 19.3 Å². The first kappa shape index (κ1) is 15.9. The lowest BCUT2D eigenvalue weighted by molar-refractivity contribution is -0.137. The van der Waals surface area contributed by atoms with Crippen molar-refractivity contribution in [1.29, 1.82) is 0 Å². The van der Waals surface area contributed by atoms with Crippen molar-refractivity contribution in [3.8, 4) is 0 Å². The summed E-state index contributed by atoms with van der Waals surface area (Å²) < 4.78 is 0. The topological polar surface area (TPSA) is 95.7 Å². The van der Waals surface area contributed by atoms with Gasteiger partial charge in [0.05, 0.1) is 6.04 Å². The number of likely N-dealkylation sites (tertiary alicyclic amines) is 1. The fourth-order valence-corrected chi connectivity index (χ4v) is 2.33. The van der Waals surface area contributed by atoms with Gasteiger partial charge in [-0.2, -0.15) is 0 Å². The van der Waals surface area contributed by atoms with Crippen molar-refractivity contribution in [2.45, 2.75) is 51.1 Å². The van der Waals surface area contributed by atoms with E-state index >= 15 is 0 Å². The average molecular weight is 271 g/mol. The van der Waals surface area contributed by atoms with E-state index in [1.54, 1.807) is 0 Å². The van der Waals surface area contributed by atoms with E-state index in [4.69, 9.17) is 10.8 Å². The molecule has 6 nitrogen and oxygen atoms in total. The summed E-state index contributed by atoms with van der Waals surface area (Å²) in [7, 11) is 0. The van der Waals surface area contributed by atoms with Crippen LogP contribution in [0.4, 0.5) is 0 Å². The number of carbonyl (C=O) groups is 2. The number of piperidine rings is 1. The summed E-state index contributed by atoms with van der Waals surface area (Å²) in [4.78, 5) is 24.5. The fourth-order valence-electron chi connectivity index (χ4n) is 2.33. The van der Waals surface area contributed by atoms with Crippen molar-refractivity contribution in [2.24, 2.45) is 5.73 Å². The zero-order valence-electron chi connectivity index (χ0n) is 11.6. The molecule has 0 bridgehead atoms. The molecule has 1 rings (SSSR count). The van der Waals surface area contributed by atoms with Gasteiger partial charge >= 0.3 is 5.97 Å². The molecule has 1 fully saturated rings. The van der Waals surface area contributed by atoms with Crippen molar-refractivity contribution in [3.05, 3.63) is 0 Å². The molecule has 0 radical (unpaired) electrons. The van der Waals surface area contributed by atoms with Gasteiger partial charge in [0.1, 0.15) is 0 Å². The Morgan fingerprint density at radius 1 is 1.32 bits per heavy atom. The minimum absolute atomic E-state index is 0.0430. The number of rotatable bonds is 7. The van der Waals surface area contributed by atoms with Gasteiger partial charge in [-0.15, -0.1) is 0 Å². The number of hydrogen-bond donors (Lipinski definition) is 3. The minimum atomic E-state index is -0.926. The highest BCUT2D eigenvalue weighted by atomic mass is 16.4. The fraction of sp³-hybridized carbons (Fsp3) is 0.846. The largest absolute Gasteiger partial charge is 0.481 e. The number of hydrogen-bond acceptors (Lipinski definition) is 4. The van der Waals surface area contributed by atoms with E-state index in [9.17, 15) is 9.59 Å². The van der Waals surface area contributed by atoms with Gasteiger partial charge in [0.15, 0.2) is 0 Å². The lowest BCUT2D eigenvalue weighted by Gasteiger charge is -2.29. The number of nitrogens with zero attached hydrogens (tertiary/aromatic N) is 1. The number of aliphatic carboxylic acids is 1. The Bertz CT molecular complexity index is 304. The predicted octanol–water partition coefficient (Wildman–Crippen LogP) is 0.169. The van der Waals surface area contributed by atoms with Crippen LogP contribution in [0.3, 0.4) is 0 Å². The van der Waals surface area contributed by atoms with Crippen molar-refractivity contribution in [3.63, 3.8) is 0 Å². The third-order valence-electron chi connectivity index (χ3n) is 3.38. The maximum atomic E-state index is 11.8. The number of nitrogens with one attached hydrogen (secondary N) is 1. The zero-order valence-corrected chi connectivity index (χ0v) is 11.6. The molecular weight excluding hydrogens is 246 g/mol. The molecular formula is C13H25N3O3. The maximum absolute atomic E-state index is 11.8. The predicted molar refractivity (Wildman–Crippen MR) is 72.7 cm³/mol. The smallest absolute Gasteiger partial charge is 0.303 e. The van der Waals surface area contributed by atoms with Gasteiger partial charge in [0.2, 0.25) is 5.91 Å². The average Bonchev–Trinajstić information content (AvgIpc) is 2.36. The summed E-state index contributed by atoms with van der Waals surface area (Å²) in [6.45, 7) is 4.96. The molecule has 0 spiro atoms. The van der Waals surface area contributed by atoms with Crippen molar-refractivity contribution in [1.82, 2.24) is 10.2 Å². The highest BCUT2D eigenvalue weighted by molar-refractivity contribution is 5.82. The summed E-state index contributed by atoms with van der Waals surface area (Å²) in [5.41, 5.74) is 5.66. The molecule has 0 aromatic heterocycles. The minimum Gasteiger partial charge on any atom is -0.481 e. The number of carboxylic acid groups (broad SMARTS) is 1. The Balaban J connectivity index is 2.24. The van der Waals surface area contributed by atoms with Crippen LogP contribution in [0, 0.1) is 0 Å². The second kappa shape index (κ2) is 8.12. The number of nitrogens with two attached hydrogens (primary N) is 1. The summed E-state index contributed by atoms with van der Waals surface area (Å²) in [6, 6.07) is -0.693. The third kappa shape index (κ3) is 6.54. The highest BCUT2D eigenvalue weighted by Gasteiger charge is 2.19. The Labute approximate surface area is 114 Å². The summed E-state index contributed by atoms with van der Waals surface area (Å²) in [5.74, 6) is -1.18. The quantitative estimate of drug-likeness (QED) is 0.613. The van der Waals surface area contributed by atoms with Crippen molar-refractivity contribution in [2.75, 3.05) is 19.6 Å². The first-order chi connectivity index (χ1) is 8.99. The van der Waals surface area contributed by atoms with Crippen LogP contribution in [0.1, 0.15) is 39.0 Å². The summed E-state index contributed by atoms with van der Waals surface area (Å²) in [5, 5.41) is 11.4. The normalized spacial score (nSPS) is 19.7. The molecule has 1 saturated heterocycles. The molecule has 0 saturated carbocycles. The molecule has 1 heterocycles. The van der Waals surface area contributed by atoms with Crippen LogP contribution in [0.2, 0.25) is 0 Å². The Hall–Kier alpha value is -1.14. The SMILES string of the molecule is CC(CN1CCCCC1)NC(=O)C(N)CCC(=O)O. The molecule has 0 aromatic carbocycles. The molecule has 1 aliphatic heterocycles. The van der Waals surface area contributed by atoms with Crippen LogP contribution in [-0.4, -0.2) is 53.6 Å². The zero-order chi connectivity index (χ0) is 14.3. The lowest BCUT2D eigenvalue weighted by atomic mass is 10.1. The van der Waals surface area contributed by atoms with Crippen LogP contribution in [0.5, 0.6) is 0 Å². The Morgan fingerprint density at radius 3 is 2.53 bits per heavy atom. The number of carbonyl (C=O) groups excluding carboxylic acids is 1. The van der Waals surface area contributed by atoms with Crippen LogP contribution in [0.15, 0.2) is 0 Å². The highest BCUT2D eigenvalue weighted by Crippen LogP contribution is 2.08. The molecule has 2 unspecified atom stereocenters. The van der Waals surface area contributed by atoms with E-state index < -0.39 is 12.0 Å². The first-order valence-corrected chi connectivity index (χ1v) is 6.99. The molecule has 6 heteroatoms. The number of amides is 1. The molecule has 19 heavy (non-hydrogen) atoms. The molecule has 2 atom stereocenters. The van der Waals surface area contributed by atoms with Gasteiger partial charge in [-0.05, 0) is 39.3 Å². The molecule has 0 aromatic rings.